The summed E-state index contributed by atoms with van der Waals surface area (Å²) in [7, 11) is 0. The van der Waals surface area contributed by atoms with E-state index in [-0.39, 0.29) is 0 Å². The molecule has 0 saturated heterocycles. The molecule has 1 unspecified atom stereocenters. The van der Waals surface area contributed by atoms with Gasteiger partial charge in [0.1, 0.15) is 0 Å². The van der Waals surface area contributed by atoms with Crippen molar-refractivity contribution in [1.82, 2.24) is 9.38 Å². The van der Waals surface area contributed by atoms with Gasteiger partial charge in [-0.3, -0.25) is 4.40 Å². The number of imidazole rings is 1. The summed E-state index contributed by atoms with van der Waals surface area (Å²) < 4.78 is 2.64. The van der Waals surface area contributed by atoms with E-state index >= 15 is 0 Å². The monoisotopic (exact) mass is 288 g/mol. The maximum absolute atomic E-state index is 9.65. The zero-order chi connectivity index (χ0) is 11.2. The number of nitrogens with zero attached hydrogens (tertiary/aromatic N) is 2. The Labute approximate surface area is 101 Å². The molecule has 0 aliphatic carbocycles. The van der Waals surface area contributed by atoms with Crippen molar-refractivity contribution in [3.8, 4) is 0 Å². The first-order chi connectivity index (χ1) is 7.00. The molecule has 1 atom stereocenters. The first kappa shape index (κ1) is 10.9. The molecule has 5 heteroatoms. The Bertz CT molecular complexity index is 522. The van der Waals surface area contributed by atoms with E-state index in [0.717, 1.165) is 21.5 Å². The number of halogens is 2. The first-order valence-electron chi connectivity index (χ1n) is 4.52. The van der Waals surface area contributed by atoms with Gasteiger partial charge >= 0.3 is 0 Å². The Morgan fingerprint density at radius 1 is 1.60 bits per heavy atom. The third-order valence-corrected chi connectivity index (χ3v) is 3.05. The van der Waals surface area contributed by atoms with Crippen molar-refractivity contribution in [2.45, 2.75) is 20.0 Å². The first-order valence-corrected chi connectivity index (χ1v) is 5.69. The van der Waals surface area contributed by atoms with E-state index in [1.165, 1.54) is 0 Å². The van der Waals surface area contributed by atoms with Gasteiger partial charge in [0.15, 0.2) is 5.65 Å². The fraction of sp³-hybridized carbons (Fsp3) is 0.300. The minimum atomic E-state index is -0.564. The molecule has 0 fully saturated rings. The molecule has 0 amide bonds. The zero-order valence-corrected chi connectivity index (χ0v) is 10.7. The topological polar surface area (TPSA) is 37.5 Å². The van der Waals surface area contributed by atoms with Gasteiger partial charge in [-0.15, -0.1) is 0 Å². The summed E-state index contributed by atoms with van der Waals surface area (Å²) in [4.78, 5) is 4.37. The van der Waals surface area contributed by atoms with Crippen LogP contribution in [-0.2, 0) is 0 Å². The van der Waals surface area contributed by atoms with Gasteiger partial charge in [0.2, 0.25) is 0 Å². The maximum Gasteiger partial charge on any atom is 0.151 e. The van der Waals surface area contributed by atoms with Gasteiger partial charge in [-0.1, -0.05) is 11.6 Å². The van der Waals surface area contributed by atoms with Gasteiger partial charge in [0.25, 0.3) is 0 Å². The van der Waals surface area contributed by atoms with E-state index in [1.54, 1.807) is 19.2 Å². The van der Waals surface area contributed by atoms with Gasteiger partial charge < -0.3 is 5.11 Å². The minimum absolute atomic E-state index is 0.564. The van der Waals surface area contributed by atoms with Crippen LogP contribution in [0.2, 0.25) is 5.02 Å². The Balaban J connectivity index is 2.86. The third kappa shape index (κ3) is 1.77. The molecule has 2 aromatic heterocycles. The van der Waals surface area contributed by atoms with E-state index in [0.29, 0.717) is 5.02 Å². The third-order valence-electron chi connectivity index (χ3n) is 2.26. The molecule has 1 N–H and O–H groups in total. The highest BCUT2D eigenvalue weighted by Crippen LogP contribution is 2.27. The molecular formula is C10H10BrClN2O. The Morgan fingerprint density at radius 3 is 2.87 bits per heavy atom. The number of rotatable bonds is 1. The standard InChI is InChI=1S/C10H10BrClN2O/c1-5-9(6(2)15)14-4-7(12)3-8(11)10(14)13-5/h3-4,6,15H,1-2H3. The summed E-state index contributed by atoms with van der Waals surface area (Å²) in [6.45, 7) is 3.58. The van der Waals surface area contributed by atoms with Crippen LogP contribution in [0.1, 0.15) is 24.4 Å². The van der Waals surface area contributed by atoms with Crippen LogP contribution in [0, 0.1) is 6.92 Å². The van der Waals surface area contributed by atoms with Crippen LogP contribution >= 0.6 is 27.5 Å². The average Bonchev–Trinajstić information content (AvgIpc) is 2.41. The average molecular weight is 290 g/mol. The van der Waals surface area contributed by atoms with Gasteiger partial charge in [-0.2, -0.15) is 0 Å². The fourth-order valence-corrected chi connectivity index (χ4v) is 2.57. The fourth-order valence-electron chi connectivity index (χ4n) is 1.71. The van der Waals surface area contributed by atoms with Crippen molar-refractivity contribution >= 4 is 33.2 Å². The molecule has 80 valence electrons. The quantitative estimate of drug-likeness (QED) is 0.876. The predicted octanol–water partition coefficient (Wildman–Crippen LogP) is 3.11. The molecule has 0 aromatic carbocycles. The molecular weight excluding hydrogens is 279 g/mol. The van der Waals surface area contributed by atoms with Gasteiger partial charge in [0, 0.05) is 6.20 Å². The molecule has 2 aromatic rings. The molecule has 15 heavy (non-hydrogen) atoms. The molecule has 0 spiro atoms. The summed E-state index contributed by atoms with van der Waals surface area (Å²) >= 11 is 9.34. The van der Waals surface area contributed by atoms with Crippen molar-refractivity contribution in [2.75, 3.05) is 0 Å². The number of aromatic nitrogens is 2. The van der Waals surface area contributed by atoms with Crippen LogP contribution in [0.15, 0.2) is 16.7 Å². The Morgan fingerprint density at radius 2 is 2.27 bits per heavy atom. The molecule has 0 aliphatic heterocycles. The van der Waals surface area contributed by atoms with Crippen molar-refractivity contribution in [1.29, 1.82) is 0 Å². The maximum atomic E-state index is 9.65. The Hall–Kier alpha value is -0.580. The van der Waals surface area contributed by atoms with Crippen LogP contribution in [0.5, 0.6) is 0 Å². The van der Waals surface area contributed by atoms with E-state index in [1.807, 2.05) is 11.3 Å². The lowest BCUT2D eigenvalue weighted by Crippen LogP contribution is -1.99. The predicted molar refractivity (Wildman–Crippen MR) is 63.3 cm³/mol. The van der Waals surface area contributed by atoms with Crippen LogP contribution in [0.4, 0.5) is 0 Å². The van der Waals surface area contributed by atoms with Gasteiger partial charge in [0.05, 0.1) is 27.0 Å². The molecule has 2 heterocycles. The normalized spacial score (nSPS) is 13.4. The minimum Gasteiger partial charge on any atom is -0.387 e. The highest BCUT2D eigenvalue weighted by atomic mass is 79.9. The lowest BCUT2D eigenvalue weighted by Gasteiger charge is -2.06. The number of hydrogen-bond acceptors (Lipinski definition) is 2. The highest BCUT2D eigenvalue weighted by Gasteiger charge is 2.15. The molecule has 0 aliphatic rings. The second-order valence-electron chi connectivity index (χ2n) is 3.46. The van der Waals surface area contributed by atoms with Crippen molar-refractivity contribution in [3.05, 3.63) is 33.1 Å². The van der Waals surface area contributed by atoms with Gasteiger partial charge in [-0.25, -0.2) is 4.98 Å². The largest absolute Gasteiger partial charge is 0.387 e. The summed E-state index contributed by atoms with van der Waals surface area (Å²) in [6, 6.07) is 1.79. The summed E-state index contributed by atoms with van der Waals surface area (Å²) in [6.07, 6.45) is 1.19. The summed E-state index contributed by atoms with van der Waals surface area (Å²) in [5, 5.41) is 10.3. The van der Waals surface area contributed by atoms with Crippen LogP contribution in [0.25, 0.3) is 5.65 Å². The number of hydrogen-bond donors (Lipinski definition) is 1. The lowest BCUT2D eigenvalue weighted by molar-refractivity contribution is 0.192. The molecule has 0 radical (unpaired) electrons. The Kier molecular flexibility index (Phi) is 2.75. The van der Waals surface area contributed by atoms with Crippen molar-refractivity contribution < 1.29 is 5.11 Å². The summed E-state index contributed by atoms with van der Waals surface area (Å²) in [5.41, 5.74) is 2.36. The van der Waals surface area contributed by atoms with E-state index in [9.17, 15) is 5.11 Å². The lowest BCUT2D eigenvalue weighted by atomic mass is 10.2. The number of pyridine rings is 1. The van der Waals surface area contributed by atoms with E-state index in [4.69, 9.17) is 11.6 Å². The molecule has 0 saturated carbocycles. The van der Waals surface area contributed by atoms with E-state index in [2.05, 4.69) is 20.9 Å². The second-order valence-corrected chi connectivity index (χ2v) is 4.75. The number of fused-ring (bicyclic) bond motifs is 1. The van der Waals surface area contributed by atoms with Crippen LogP contribution in [-0.4, -0.2) is 14.5 Å². The number of aliphatic hydroxyl groups is 1. The van der Waals surface area contributed by atoms with Crippen LogP contribution in [0.3, 0.4) is 0 Å². The molecule has 2 rings (SSSR count). The zero-order valence-electron chi connectivity index (χ0n) is 8.33. The number of aryl methyl sites for hydroxylation is 1. The van der Waals surface area contributed by atoms with Crippen molar-refractivity contribution in [2.24, 2.45) is 0 Å². The molecule has 3 nitrogen and oxygen atoms in total. The smallest absolute Gasteiger partial charge is 0.151 e. The second kappa shape index (κ2) is 3.77. The SMILES string of the molecule is Cc1nc2c(Br)cc(Cl)cn2c1C(C)O. The molecule has 0 bridgehead atoms. The summed E-state index contributed by atoms with van der Waals surface area (Å²) in [5.74, 6) is 0. The van der Waals surface area contributed by atoms with Gasteiger partial charge in [-0.05, 0) is 35.8 Å². The number of aliphatic hydroxyl groups excluding tert-OH is 1. The van der Waals surface area contributed by atoms with E-state index < -0.39 is 6.10 Å². The van der Waals surface area contributed by atoms with Crippen molar-refractivity contribution in [3.63, 3.8) is 0 Å². The van der Waals surface area contributed by atoms with Crippen LogP contribution < -0.4 is 0 Å². The highest BCUT2D eigenvalue weighted by molar-refractivity contribution is 9.10.